The molecule has 0 saturated carbocycles. The highest BCUT2D eigenvalue weighted by molar-refractivity contribution is 7.89. The molecule has 1 aliphatic rings. The highest BCUT2D eigenvalue weighted by atomic mass is 32.2. The van der Waals surface area contributed by atoms with Gasteiger partial charge in [0.1, 0.15) is 0 Å². The monoisotopic (exact) mass is 369 g/mol. The second-order valence-electron chi connectivity index (χ2n) is 6.51. The van der Waals surface area contributed by atoms with Gasteiger partial charge in [-0.2, -0.15) is 4.31 Å². The Kier molecular flexibility index (Phi) is 6.56. The second-order valence-corrected chi connectivity index (χ2v) is 8.45. The molecule has 0 spiro atoms. The number of methoxy groups -OCH3 is 1. The lowest BCUT2D eigenvalue weighted by Gasteiger charge is -2.31. The van der Waals surface area contributed by atoms with E-state index >= 15 is 0 Å². The van der Waals surface area contributed by atoms with Crippen molar-refractivity contribution in [2.24, 2.45) is 0 Å². The van der Waals surface area contributed by atoms with E-state index in [9.17, 15) is 13.2 Å². The average molecular weight is 369 g/mol. The summed E-state index contributed by atoms with van der Waals surface area (Å²) in [5.41, 5.74) is 1.11. The SMILES string of the molecule is COC[C@H](C)NC(=O)c1cc(S(=O)(=O)N2CCN(C)CC2)ccc1C. The van der Waals surface area contributed by atoms with E-state index in [1.165, 1.54) is 10.4 Å². The van der Waals surface area contributed by atoms with Crippen LogP contribution in [-0.2, 0) is 14.8 Å². The summed E-state index contributed by atoms with van der Waals surface area (Å²) in [6, 6.07) is 4.56. The Labute approximate surface area is 150 Å². The fourth-order valence-electron chi connectivity index (χ4n) is 2.78. The maximum Gasteiger partial charge on any atom is 0.251 e. The fraction of sp³-hybridized carbons (Fsp3) is 0.588. The second kappa shape index (κ2) is 8.27. The number of aryl methyl sites for hydroxylation is 1. The minimum Gasteiger partial charge on any atom is -0.383 e. The highest BCUT2D eigenvalue weighted by Crippen LogP contribution is 2.21. The van der Waals surface area contributed by atoms with E-state index in [-0.39, 0.29) is 16.8 Å². The van der Waals surface area contributed by atoms with Gasteiger partial charge < -0.3 is 15.0 Å². The maximum atomic E-state index is 12.9. The molecular weight excluding hydrogens is 342 g/mol. The van der Waals surface area contributed by atoms with Crippen LogP contribution in [0.15, 0.2) is 23.1 Å². The van der Waals surface area contributed by atoms with Gasteiger partial charge in [-0.15, -0.1) is 0 Å². The first-order valence-electron chi connectivity index (χ1n) is 8.35. The van der Waals surface area contributed by atoms with Crippen molar-refractivity contribution in [1.82, 2.24) is 14.5 Å². The number of hydrogen-bond acceptors (Lipinski definition) is 5. The molecule has 0 aromatic heterocycles. The van der Waals surface area contributed by atoms with E-state index in [4.69, 9.17) is 4.74 Å². The Bertz CT molecular complexity index is 713. The van der Waals surface area contributed by atoms with Gasteiger partial charge in [-0.05, 0) is 38.6 Å². The third-order valence-corrected chi connectivity index (χ3v) is 6.24. The Balaban J connectivity index is 2.24. The van der Waals surface area contributed by atoms with Gasteiger partial charge >= 0.3 is 0 Å². The van der Waals surface area contributed by atoms with Gasteiger partial charge in [0.25, 0.3) is 5.91 Å². The molecule has 140 valence electrons. The van der Waals surface area contributed by atoms with Crippen molar-refractivity contribution < 1.29 is 17.9 Å². The number of benzene rings is 1. The van der Waals surface area contributed by atoms with Crippen LogP contribution in [-0.4, -0.2) is 76.5 Å². The fourth-order valence-corrected chi connectivity index (χ4v) is 4.23. The lowest BCUT2D eigenvalue weighted by atomic mass is 10.1. The van der Waals surface area contributed by atoms with E-state index in [1.807, 2.05) is 14.0 Å². The van der Waals surface area contributed by atoms with Crippen molar-refractivity contribution in [2.45, 2.75) is 24.8 Å². The number of sulfonamides is 1. The molecule has 1 heterocycles. The van der Waals surface area contributed by atoms with Crippen LogP contribution in [0.25, 0.3) is 0 Å². The van der Waals surface area contributed by atoms with Gasteiger partial charge in [0.05, 0.1) is 11.5 Å². The van der Waals surface area contributed by atoms with Crippen LogP contribution in [0, 0.1) is 6.92 Å². The number of carbonyl (C=O) groups excluding carboxylic acids is 1. The Morgan fingerprint density at radius 1 is 1.28 bits per heavy atom. The van der Waals surface area contributed by atoms with Crippen molar-refractivity contribution >= 4 is 15.9 Å². The maximum absolute atomic E-state index is 12.9. The smallest absolute Gasteiger partial charge is 0.251 e. The zero-order valence-corrected chi connectivity index (χ0v) is 16.1. The van der Waals surface area contributed by atoms with Crippen LogP contribution in [0.1, 0.15) is 22.8 Å². The summed E-state index contributed by atoms with van der Waals surface area (Å²) >= 11 is 0. The number of likely N-dealkylation sites (N-methyl/N-ethyl adjacent to an activating group) is 1. The Morgan fingerprint density at radius 2 is 1.92 bits per heavy atom. The third-order valence-electron chi connectivity index (χ3n) is 4.35. The lowest BCUT2D eigenvalue weighted by molar-refractivity contribution is 0.0904. The van der Waals surface area contributed by atoms with Crippen LogP contribution < -0.4 is 5.32 Å². The molecule has 0 aliphatic carbocycles. The number of nitrogens with one attached hydrogen (secondary N) is 1. The van der Waals surface area contributed by atoms with Crippen molar-refractivity contribution in [3.8, 4) is 0 Å². The predicted octanol–water partition coefficient (Wildman–Crippen LogP) is 0.696. The van der Waals surface area contributed by atoms with E-state index < -0.39 is 10.0 Å². The zero-order valence-electron chi connectivity index (χ0n) is 15.3. The average Bonchev–Trinajstić information content (AvgIpc) is 2.55. The molecule has 0 radical (unpaired) electrons. The molecule has 1 saturated heterocycles. The molecule has 1 atom stereocenters. The van der Waals surface area contributed by atoms with E-state index in [1.54, 1.807) is 26.2 Å². The van der Waals surface area contributed by atoms with E-state index in [0.29, 0.717) is 38.3 Å². The summed E-state index contributed by atoms with van der Waals surface area (Å²) in [7, 11) is -0.0567. The number of hydrogen-bond donors (Lipinski definition) is 1. The van der Waals surface area contributed by atoms with Gasteiger partial charge in [0.15, 0.2) is 0 Å². The number of amides is 1. The molecule has 1 N–H and O–H groups in total. The minimum absolute atomic E-state index is 0.158. The molecular formula is C17H27N3O4S. The quantitative estimate of drug-likeness (QED) is 0.798. The molecule has 1 aliphatic heterocycles. The van der Waals surface area contributed by atoms with Crippen molar-refractivity contribution in [3.05, 3.63) is 29.3 Å². The normalized spacial score (nSPS) is 18.1. The molecule has 1 amide bonds. The highest BCUT2D eigenvalue weighted by Gasteiger charge is 2.28. The molecule has 1 fully saturated rings. The number of piperazine rings is 1. The third kappa shape index (κ3) is 4.78. The van der Waals surface area contributed by atoms with Crippen LogP contribution in [0.4, 0.5) is 0 Å². The predicted molar refractivity (Wildman–Crippen MR) is 96.2 cm³/mol. The molecule has 1 aromatic carbocycles. The van der Waals surface area contributed by atoms with Gasteiger partial charge in [0, 0.05) is 44.9 Å². The largest absolute Gasteiger partial charge is 0.383 e. The van der Waals surface area contributed by atoms with Crippen LogP contribution in [0.5, 0.6) is 0 Å². The first-order valence-corrected chi connectivity index (χ1v) is 9.79. The Morgan fingerprint density at radius 3 is 2.52 bits per heavy atom. The molecule has 0 bridgehead atoms. The van der Waals surface area contributed by atoms with Crippen molar-refractivity contribution in [1.29, 1.82) is 0 Å². The lowest BCUT2D eigenvalue weighted by Crippen LogP contribution is -2.47. The summed E-state index contributed by atoms with van der Waals surface area (Å²) in [6.45, 7) is 6.34. The zero-order chi connectivity index (χ0) is 18.6. The summed E-state index contributed by atoms with van der Waals surface area (Å²) in [5, 5.41) is 2.82. The molecule has 7 nitrogen and oxygen atoms in total. The topological polar surface area (TPSA) is 78.9 Å². The molecule has 2 rings (SSSR count). The number of rotatable bonds is 6. The van der Waals surface area contributed by atoms with Crippen LogP contribution >= 0.6 is 0 Å². The molecule has 25 heavy (non-hydrogen) atoms. The summed E-state index contributed by atoms with van der Waals surface area (Å²) in [6.07, 6.45) is 0. The first kappa shape index (κ1) is 19.8. The number of carbonyl (C=O) groups is 1. The van der Waals surface area contributed by atoms with E-state index in [0.717, 1.165) is 5.56 Å². The van der Waals surface area contributed by atoms with Gasteiger partial charge in [-0.1, -0.05) is 6.07 Å². The van der Waals surface area contributed by atoms with Gasteiger partial charge in [-0.25, -0.2) is 8.42 Å². The Hall–Kier alpha value is -1.48. The van der Waals surface area contributed by atoms with Crippen LogP contribution in [0.2, 0.25) is 0 Å². The van der Waals surface area contributed by atoms with Gasteiger partial charge in [0.2, 0.25) is 10.0 Å². The summed E-state index contributed by atoms with van der Waals surface area (Å²) < 4.78 is 32.2. The first-order chi connectivity index (χ1) is 11.8. The van der Waals surface area contributed by atoms with Crippen molar-refractivity contribution in [2.75, 3.05) is 46.9 Å². The summed E-state index contributed by atoms with van der Waals surface area (Å²) in [4.78, 5) is 14.7. The van der Waals surface area contributed by atoms with Gasteiger partial charge in [-0.3, -0.25) is 4.79 Å². The van der Waals surface area contributed by atoms with E-state index in [2.05, 4.69) is 10.2 Å². The molecule has 8 heteroatoms. The number of nitrogens with zero attached hydrogens (tertiary/aromatic N) is 2. The summed E-state index contributed by atoms with van der Waals surface area (Å²) in [5.74, 6) is -0.294. The molecule has 0 unspecified atom stereocenters. The minimum atomic E-state index is -3.59. The van der Waals surface area contributed by atoms with Crippen molar-refractivity contribution in [3.63, 3.8) is 0 Å². The molecule has 1 aromatic rings. The number of ether oxygens (including phenoxy) is 1. The standard InChI is InChI=1S/C17H27N3O4S/c1-13-5-6-15(11-16(13)17(21)18-14(2)12-24-4)25(22,23)20-9-7-19(3)8-10-20/h5-6,11,14H,7-10,12H2,1-4H3,(H,18,21)/t14-/m0/s1. The van der Waals surface area contributed by atoms with Crippen LogP contribution in [0.3, 0.4) is 0 Å².